The molecule has 3 aromatic rings. The number of ketones is 1. The third kappa shape index (κ3) is 9.22. The minimum Gasteiger partial charge on any atom is -0.494 e. The summed E-state index contributed by atoms with van der Waals surface area (Å²) >= 11 is 0. The summed E-state index contributed by atoms with van der Waals surface area (Å²) in [6, 6.07) is 20.2. The van der Waals surface area contributed by atoms with Crippen molar-refractivity contribution < 1.29 is 14.3 Å². The molecule has 4 heteroatoms. The molecule has 0 bridgehead atoms. The molecule has 0 saturated heterocycles. The van der Waals surface area contributed by atoms with E-state index in [0.29, 0.717) is 18.8 Å². The number of carbonyl (C=O) groups is 1. The number of hydrogen-bond donors (Lipinski definition) is 0. The number of allylic oxidation sites excluding steroid dienone is 1. The predicted octanol–water partition coefficient (Wildman–Crippen LogP) is 7.77. The van der Waals surface area contributed by atoms with Crippen molar-refractivity contribution in [3.05, 3.63) is 89.0 Å². The van der Waals surface area contributed by atoms with Gasteiger partial charge in [0.25, 0.3) is 0 Å². The second kappa shape index (κ2) is 14.4. The fraction of sp³-hybridized carbons (Fsp3) is 0.364. The van der Waals surface area contributed by atoms with Crippen LogP contribution in [0.5, 0.6) is 11.5 Å². The molecule has 0 amide bonds. The highest BCUT2D eigenvalue weighted by atomic mass is 16.5. The summed E-state index contributed by atoms with van der Waals surface area (Å²) in [5.74, 6) is 1.44. The van der Waals surface area contributed by atoms with Crippen molar-refractivity contribution in [1.29, 1.82) is 0 Å². The Hall–Kier alpha value is -3.37. The van der Waals surface area contributed by atoms with Crippen LogP contribution in [0, 0.1) is 13.8 Å². The minimum atomic E-state index is -0.0625. The van der Waals surface area contributed by atoms with Crippen LogP contribution in [0.1, 0.15) is 59.7 Å². The van der Waals surface area contributed by atoms with Gasteiger partial charge in [0.2, 0.25) is 0 Å². The molecule has 0 atom stereocenters. The monoisotopic (exact) mass is 499 g/mol. The lowest BCUT2D eigenvalue weighted by Gasteiger charge is -2.14. The molecule has 0 aliphatic heterocycles. The van der Waals surface area contributed by atoms with E-state index in [1.807, 2.05) is 50.5 Å². The molecule has 0 aromatic heterocycles. The Morgan fingerprint density at radius 3 is 2.35 bits per heavy atom. The molecule has 0 saturated carbocycles. The lowest BCUT2D eigenvalue weighted by molar-refractivity contribution is 0.104. The predicted molar refractivity (Wildman–Crippen MR) is 155 cm³/mol. The average Bonchev–Trinajstić information content (AvgIpc) is 2.87. The third-order valence-electron chi connectivity index (χ3n) is 6.16. The van der Waals surface area contributed by atoms with Gasteiger partial charge in [0, 0.05) is 17.7 Å². The average molecular weight is 500 g/mol. The molecule has 0 fully saturated rings. The second-order valence-corrected chi connectivity index (χ2v) is 9.92. The summed E-state index contributed by atoms with van der Waals surface area (Å²) in [5, 5.41) is 0. The molecule has 0 unspecified atom stereocenters. The van der Waals surface area contributed by atoms with Gasteiger partial charge in [-0.05, 0) is 81.9 Å². The van der Waals surface area contributed by atoms with Crippen LogP contribution in [0.2, 0.25) is 0 Å². The van der Waals surface area contributed by atoms with Gasteiger partial charge in [-0.15, -0.1) is 0 Å². The van der Waals surface area contributed by atoms with E-state index in [9.17, 15) is 4.79 Å². The molecule has 0 spiro atoms. The first-order valence-corrected chi connectivity index (χ1v) is 13.3. The van der Waals surface area contributed by atoms with Crippen LogP contribution in [0.4, 0.5) is 0 Å². The number of aryl methyl sites for hydroxylation is 2. The topological polar surface area (TPSA) is 38.8 Å². The zero-order valence-corrected chi connectivity index (χ0v) is 23.0. The van der Waals surface area contributed by atoms with Crippen LogP contribution in [-0.2, 0) is 0 Å². The number of ether oxygens (including phenoxy) is 2. The maximum absolute atomic E-state index is 13.1. The number of benzene rings is 3. The Bertz CT molecular complexity index is 1180. The summed E-state index contributed by atoms with van der Waals surface area (Å²) in [6.07, 6.45) is 8.10. The molecular weight excluding hydrogens is 458 g/mol. The van der Waals surface area contributed by atoms with Crippen molar-refractivity contribution in [3.8, 4) is 22.6 Å². The Labute approximate surface area is 222 Å². The van der Waals surface area contributed by atoms with E-state index >= 15 is 0 Å². The van der Waals surface area contributed by atoms with Crippen molar-refractivity contribution >= 4 is 11.9 Å². The Morgan fingerprint density at radius 1 is 0.838 bits per heavy atom. The van der Waals surface area contributed by atoms with Crippen LogP contribution < -0.4 is 9.47 Å². The van der Waals surface area contributed by atoms with Gasteiger partial charge in [-0.2, -0.15) is 0 Å². The van der Waals surface area contributed by atoms with Crippen molar-refractivity contribution in [3.63, 3.8) is 0 Å². The highest BCUT2D eigenvalue weighted by Gasteiger charge is 2.09. The zero-order valence-electron chi connectivity index (χ0n) is 23.0. The molecule has 0 radical (unpaired) electrons. The van der Waals surface area contributed by atoms with Gasteiger partial charge < -0.3 is 14.4 Å². The van der Waals surface area contributed by atoms with E-state index in [0.717, 1.165) is 47.6 Å². The first kappa shape index (κ1) is 28.2. The highest BCUT2D eigenvalue weighted by molar-refractivity contribution is 6.07. The van der Waals surface area contributed by atoms with Crippen molar-refractivity contribution in [2.75, 3.05) is 33.9 Å². The van der Waals surface area contributed by atoms with Gasteiger partial charge in [0.15, 0.2) is 5.78 Å². The van der Waals surface area contributed by atoms with Crippen molar-refractivity contribution in [1.82, 2.24) is 4.90 Å². The van der Waals surface area contributed by atoms with E-state index in [1.165, 1.54) is 24.0 Å². The molecule has 4 nitrogen and oxygen atoms in total. The Balaban J connectivity index is 1.80. The molecule has 37 heavy (non-hydrogen) atoms. The number of nitrogens with zero attached hydrogens (tertiary/aromatic N) is 1. The highest BCUT2D eigenvalue weighted by Crippen LogP contribution is 2.29. The van der Waals surface area contributed by atoms with E-state index in [4.69, 9.17) is 9.47 Å². The number of unbranched alkanes of at least 4 members (excludes halogenated alkanes) is 3. The summed E-state index contributed by atoms with van der Waals surface area (Å²) in [6.45, 7) is 8.47. The first-order chi connectivity index (χ1) is 17.9. The fourth-order valence-electron chi connectivity index (χ4n) is 4.19. The van der Waals surface area contributed by atoms with Gasteiger partial charge >= 0.3 is 0 Å². The molecule has 0 heterocycles. The van der Waals surface area contributed by atoms with E-state index in [2.05, 4.69) is 56.0 Å². The maximum Gasteiger partial charge on any atom is 0.185 e. The van der Waals surface area contributed by atoms with E-state index in [1.54, 1.807) is 6.08 Å². The molecule has 196 valence electrons. The van der Waals surface area contributed by atoms with E-state index in [-0.39, 0.29) is 5.78 Å². The first-order valence-electron chi connectivity index (χ1n) is 13.3. The number of rotatable bonds is 14. The lowest BCUT2D eigenvalue weighted by atomic mass is 9.98. The number of hydrogen-bond acceptors (Lipinski definition) is 4. The summed E-state index contributed by atoms with van der Waals surface area (Å²) in [5.41, 5.74) is 6.19. The SMILES string of the molecule is CCCCCCOc1cccc(C(=O)C=Cc2cc(-c3cc(C)cc(C)c3)ccc2OCCN(C)C)c1. The zero-order chi connectivity index (χ0) is 26.6. The van der Waals surface area contributed by atoms with Crippen LogP contribution in [0.25, 0.3) is 17.2 Å². The number of likely N-dealkylation sites (N-methyl/N-ethyl adjacent to an activating group) is 1. The van der Waals surface area contributed by atoms with Crippen LogP contribution >= 0.6 is 0 Å². The summed E-state index contributed by atoms with van der Waals surface area (Å²) in [4.78, 5) is 15.1. The molecular formula is C33H41NO3. The lowest BCUT2D eigenvalue weighted by Crippen LogP contribution is -2.19. The number of carbonyl (C=O) groups excluding carboxylic acids is 1. The molecule has 3 rings (SSSR count). The smallest absolute Gasteiger partial charge is 0.185 e. The third-order valence-corrected chi connectivity index (χ3v) is 6.16. The summed E-state index contributed by atoms with van der Waals surface area (Å²) < 4.78 is 12.0. The molecule has 0 N–H and O–H groups in total. The van der Waals surface area contributed by atoms with Crippen LogP contribution in [-0.4, -0.2) is 44.5 Å². The minimum absolute atomic E-state index is 0.0625. The maximum atomic E-state index is 13.1. The van der Waals surface area contributed by atoms with Gasteiger partial charge in [0.1, 0.15) is 18.1 Å². The summed E-state index contributed by atoms with van der Waals surface area (Å²) in [7, 11) is 4.05. The van der Waals surface area contributed by atoms with Crippen molar-refractivity contribution in [2.24, 2.45) is 0 Å². The van der Waals surface area contributed by atoms with E-state index < -0.39 is 0 Å². The fourth-order valence-corrected chi connectivity index (χ4v) is 4.19. The second-order valence-electron chi connectivity index (χ2n) is 9.92. The molecule has 3 aromatic carbocycles. The van der Waals surface area contributed by atoms with Gasteiger partial charge in [-0.1, -0.05) is 73.7 Å². The van der Waals surface area contributed by atoms with Gasteiger partial charge in [-0.3, -0.25) is 4.79 Å². The standard InChI is InChI=1S/C33H41NO3/c1-6-7-8-9-18-36-31-12-10-11-28(24-31)32(35)15-13-29-23-27(30-21-25(2)20-26(3)22-30)14-16-33(29)37-19-17-34(4)5/h10-16,20-24H,6-9,17-19H2,1-5H3. The Morgan fingerprint density at radius 2 is 1.62 bits per heavy atom. The largest absolute Gasteiger partial charge is 0.494 e. The quantitative estimate of drug-likeness (QED) is 0.129. The normalized spacial score (nSPS) is 11.3. The van der Waals surface area contributed by atoms with Crippen LogP contribution in [0.15, 0.2) is 66.7 Å². The van der Waals surface area contributed by atoms with Crippen molar-refractivity contribution in [2.45, 2.75) is 46.5 Å². The Kier molecular flexibility index (Phi) is 11.0. The molecule has 0 aliphatic rings. The van der Waals surface area contributed by atoms with Gasteiger partial charge in [-0.25, -0.2) is 0 Å². The van der Waals surface area contributed by atoms with Gasteiger partial charge in [0.05, 0.1) is 6.61 Å². The molecule has 0 aliphatic carbocycles. The van der Waals surface area contributed by atoms with Crippen LogP contribution in [0.3, 0.4) is 0 Å².